The average Bonchev–Trinajstić information content (AvgIpc) is 2.66. The number of carboxylic acids is 1. The molecule has 0 fully saturated rings. The van der Waals surface area contributed by atoms with Crippen LogP contribution >= 0.6 is 0 Å². The average molecular weight is 219 g/mol. The number of H-pyrrole nitrogens is 1. The maximum atomic E-state index is 12.7. The summed E-state index contributed by atoms with van der Waals surface area (Å²) in [6.45, 7) is 0. The van der Waals surface area contributed by atoms with Crippen LogP contribution in [0, 0.1) is 5.82 Å². The van der Waals surface area contributed by atoms with E-state index in [2.05, 4.69) is 4.98 Å². The molecule has 0 saturated carbocycles. The van der Waals surface area contributed by atoms with Gasteiger partial charge in [0.1, 0.15) is 5.82 Å². The Morgan fingerprint density at radius 2 is 1.88 bits per heavy atom. The largest absolute Gasteiger partial charge is 0.481 e. The first-order valence-electron chi connectivity index (χ1n) is 4.81. The Kier molecular flexibility index (Phi) is 2.72. The third-order valence-electron chi connectivity index (χ3n) is 2.24. The van der Waals surface area contributed by atoms with Crippen molar-refractivity contribution in [1.82, 2.24) is 4.98 Å². The monoisotopic (exact) mass is 219 g/mol. The van der Waals surface area contributed by atoms with Gasteiger partial charge < -0.3 is 10.1 Å². The molecule has 0 saturated heterocycles. The summed E-state index contributed by atoms with van der Waals surface area (Å²) in [5, 5.41) is 8.61. The number of hydrogen-bond acceptors (Lipinski definition) is 1. The van der Waals surface area contributed by atoms with Crippen LogP contribution in [-0.4, -0.2) is 16.1 Å². The van der Waals surface area contributed by atoms with Crippen LogP contribution in [0.25, 0.3) is 11.3 Å². The zero-order chi connectivity index (χ0) is 11.5. The van der Waals surface area contributed by atoms with Crippen LogP contribution in [0.4, 0.5) is 4.39 Å². The van der Waals surface area contributed by atoms with Crippen LogP contribution in [0.2, 0.25) is 0 Å². The Labute approximate surface area is 91.5 Å². The number of carboxylic acid groups (broad SMARTS) is 1. The first-order valence-corrected chi connectivity index (χ1v) is 4.81. The molecule has 82 valence electrons. The lowest BCUT2D eigenvalue weighted by molar-refractivity contribution is -0.136. The first-order chi connectivity index (χ1) is 7.65. The summed E-state index contributed by atoms with van der Waals surface area (Å²) in [5.74, 6) is -1.17. The van der Waals surface area contributed by atoms with Crippen molar-refractivity contribution >= 4 is 5.97 Å². The number of aromatic amines is 1. The Balaban J connectivity index is 2.24. The van der Waals surface area contributed by atoms with Crippen LogP contribution < -0.4 is 0 Å². The van der Waals surface area contributed by atoms with Crippen LogP contribution in [0.15, 0.2) is 36.4 Å². The van der Waals surface area contributed by atoms with Gasteiger partial charge in [-0.3, -0.25) is 4.79 Å². The number of rotatable bonds is 3. The van der Waals surface area contributed by atoms with Gasteiger partial charge in [0.25, 0.3) is 0 Å². The van der Waals surface area contributed by atoms with E-state index in [1.54, 1.807) is 24.3 Å². The fourth-order valence-corrected chi connectivity index (χ4v) is 1.50. The van der Waals surface area contributed by atoms with E-state index in [-0.39, 0.29) is 12.2 Å². The maximum absolute atomic E-state index is 12.7. The minimum Gasteiger partial charge on any atom is -0.481 e. The topological polar surface area (TPSA) is 53.1 Å². The predicted molar refractivity (Wildman–Crippen MR) is 57.5 cm³/mol. The van der Waals surface area contributed by atoms with Crippen LogP contribution in [0.3, 0.4) is 0 Å². The summed E-state index contributed by atoms with van der Waals surface area (Å²) in [7, 11) is 0. The molecule has 1 aromatic heterocycles. The zero-order valence-corrected chi connectivity index (χ0v) is 8.40. The Morgan fingerprint density at radius 3 is 2.50 bits per heavy atom. The third-order valence-corrected chi connectivity index (χ3v) is 2.24. The molecule has 3 nitrogen and oxygen atoms in total. The highest BCUT2D eigenvalue weighted by Crippen LogP contribution is 2.18. The molecule has 16 heavy (non-hydrogen) atoms. The number of nitrogens with one attached hydrogen (secondary N) is 1. The highest BCUT2D eigenvalue weighted by molar-refractivity contribution is 5.70. The molecule has 0 radical (unpaired) electrons. The van der Waals surface area contributed by atoms with Crippen LogP contribution in [0.5, 0.6) is 0 Å². The maximum Gasteiger partial charge on any atom is 0.309 e. The third kappa shape index (κ3) is 2.28. The molecule has 0 atom stereocenters. The van der Waals surface area contributed by atoms with Gasteiger partial charge in [-0.2, -0.15) is 0 Å². The second kappa shape index (κ2) is 4.18. The SMILES string of the molecule is O=C(O)Cc1ccc(-c2ccc(F)cc2)[nH]1. The van der Waals surface area contributed by atoms with E-state index >= 15 is 0 Å². The van der Waals surface area contributed by atoms with Gasteiger partial charge in [-0.15, -0.1) is 0 Å². The molecule has 0 aliphatic heterocycles. The molecule has 2 aromatic rings. The van der Waals surface area contributed by atoms with Crippen molar-refractivity contribution in [3.8, 4) is 11.3 Å². The van der Waals surface area contributed by atoms with Crippen LogP contribution in [0.1, 0.15) is 5.69 Å². The van der Waals surface area contributed by atoms with E-state index in [0.717, 1.165) is 11.3 Å². The van der Waals surface area contributed by atoms with E-state index in [4.69, 9.17) is 5.11 Å². The summed E-state index contributed by atoms with van der Waals surface area (Å²) < 4.78 is 12.7. The molecule has 2 N–H and O–H groups in total. The van der Waals surface area contributed by atoms with Gasteiger partial charge in [0.2, 0.25) is 0 Å². The van der Waals surface area contributed by atoms with Crippen molar-refractivity contribution in [2.45, 2.75) is 6.42 Å². The lowest BCUT2D eigenvalue weighted by atomic mass is 10.1. The highest BCUT2D eigenvalue weighted by Gasteiger charge is 2.05. The number of carbonyl (C=O) groups is 1. The lowest BCUT2D eigenvalue weighted by Crippen LogP contribution is -1.99. The van der Waals surface area contributed by atoms with E-state index in [0.29, 0.717) is 5.69 Å². The van der Waals surface area contributed by atoms with Crippen molar-refractivity contribution in [3.63, 3.8) is 0 Å². The molecule has 0 spiro atoms. The van der Waals surface area contributed by atoms with Gasteiger partial charge in [-0.1, -0.05) is 0 Å². The van der Waals surface area contributed by atoms with Gasteiger partial charge in [0.15, 0.2) is 0 Å². The molecule has 0 unspecified atom stereocenters. The van der Waals surface area contributed by atoms with Gasteiger partial charge in [-0.25, -0.2) is 4.39 Å². The molecule has 1 heterocycles. The quantitative estimate of drug-likeness (QED) is 0.833. The smallest absolute Gasteiger partial charge is 0.309 e. The van der Waals surface area contributed by atoms with Crippen molar-refractivity contribution in [2.24, 2.45) is 0 Å². The highest BCUT2D eigenvalue weighted by atomic mass is 19.1. The van der Waals surface area contributed by atoms with Gasteiger partial charge in [-0.05, 0) is 42.0 Å². The van der Waals surface area contributed by atoms with E-state index < -0.39 is 5.97 Å². The van der Waals surface area contributed by atoms with Crippen molar-refractivity contribution in [2.75, 3.05) is 0 Å². The minimum absolute atomic E-state index is 0.0405. The Hall–Kier alpha value is -2.10. The van der Waals surface area contributed by atoms with Gasteiger partial charge >= 0.3 is 5.97 Å². The standard InChI is InChI=1S/C12H10FNO2/c13-9-3-1-8(2-4-9)11-6-5-10(14-11)7-12(15)16/h1-6,14H,7H2,(H,15,16). The fourth-order valence-electron chi connectivity index (χ4n) is 1.50. The lowest BCUT2D eigenvalue weighted by Gasteiger charge is -1.97. The Bertz CT molecular complexity index is 502. The second-order valence-electron chi connectivity index (χ2n) is 3.47. The van der Waals surface area contributed by atoms with Gasteiger partial charge in [0.05, 0.1) is 6.42 Å². The normalized spacial score (nSPS) is 10.3. The summed E-state index contributed by atoms with van der Waals surface area (Å²) in [6.07, 6.45) is -0.0405. The summed E-state index contributed by atoms with van der Waals surface area (Å²) in [6, 6.07) is 9.52. The molecule has 0 bridgehead atoms. The number of aromatic nitrogens is 1. The molecule has 0 amide bonds. The molecule has 2 rings (SSSR count). The molecular weight excluding hydrogens is 209 g/mol. The summed E-state index contributed by atoms with van der Waals surface area (Å²) in [5.41, 5.74) is 2.25. The van der Waals surface area contributed by atoms with E-state index in [1.165, 1.54) is 12.1 Å². The molecule has 0 aliphatic rings. The first kappa shape index (κ1) is 10.4. The number of benzene rings is 1. The van der Waals surface area contributed by atoms with Crippen molar-refractivity contribution in [3.05, 3.63) is 47.9 Å². The van der Waals surface area contributed by atoms with Crippen molar-refractivity contribution < 1.29 is 14.3 Å². The van der Waals surface area contributed by atoms with Gasteiger partial charge in [0, 0.05) is 11.4 Å². The second-order valence-corrected chi connectivity index (χ2v) is 3.47. The van der Waals surface area contributed by atoms with Crippen LogP contribution in [-0.2, 0) is 11.2 Å². The minimum atomic E-state index is -0.882. The Morgan fingerprint density at radius 1 is 1.19 bits per heavy atom. The molecule has 1 aromatic carbocycles. The zero-order valence-electron chi connectivity index (χ0n) is 8.40. The fraction of sp³-hybridized carbons (Fsp3) is 0.0833. The number of hydrogen-bond donors (Lipinski definition) is 2. The van der Waals surface area contributed by atoms with Crippen molar-refractivity contribution in [1.29, 1.82) is 0 Å². The van der Waals surface area contributed by atoms with E-state index in [1.807, 2.05) is 0 Å². The number of aliphatic carboxylic acids is 1. The van der Waals surface area contributed by atoms with E-state index in [9.17, 15) is 9.18 Å². The molecular formula is C12H10FNO2. The molecule has 0 aliphatic carbocycles. The summed E-state index contributed by atoms with van der Waals surface area (Å²) in [4.78, 5) is 13.5. The molecule has 4 heteroatoms. The number of halogens is 1. The summed E-state index contributed by atoms with van der Waals surface area (Å²) >= 11 is 0. The predicted octanol–water partition coefficient (Wildman–Crippen LogP) is 2.45.